The Bertz CT molecular complexity index is 196. The normalized spacial score (nSPS) is 33.0. The van der Waals surface area contributed by atoms with Gasteiger partial charge in [0, 0.05) is 12.1 Å². The summed E-state index contributed by atoms with van der Waals surface area (Å²) in [5.74, 6) is 0. The Morgan fingerprint density at radius 1 is 1.38 bits per heavy atom. The van der Waals surface area contributed by atoms with Crippen molar-refractivity contribution in [3.8, 4) is 0 Å². The molecule has 1 fully saturated rings. The van der Waals surface area contributed by atoms with Crippen LogP contribution >= 0.6 is 0 Å². The van der Waals surface area contributed by atoms with Crippen LogP contribution < -0.4 is 5.32 Å². The van der Waals surface area contributed by atoms with E-state index < -0.39 is 0 Å². The van der Waals surface area contributed by atoms with Crippen molar-refractivity contribution < 1.29 is 0 Å². The highest BCUT2D eigenvalue weighted by Crippen LogP contribution is 2.29. The second-order valence-electron chi connectivity index (χ2n) is 3.44. The van der Waals surface area contributed by atoms with E-state index in [2.05, 4.69) is 30.1 Å². The van der Waals surface area contributed by atoms with Gasteiger partial charge in [0.05, 0.1) is 0 Å². The maximum absolute atomic E-state index is 3.09. The smallest absolute Gasteiger partial charge is 0.0287 e. The Kier molecular flexibility index (Phi) is 4.03. The lowest BCUT2D eigenvalue weighted by Gasteiger charge is -1.94. The quantitative estimate of drug-likeness (QED) is 0.652. The molecular weight excluding hydrogens is 160 g/mol. The summed E-state index contributed by atoms with van der Waals surface area (Å²) < 4.78 is 0. The zero-order valence-corrected chi connectivity index (χ0v) is 8.83. The van der Waals surface area contributed by atoms with Gasteiger partial charge in [-0.3, -0.25) is 4.90 Å². The minimum atomic E-state index is 0.786. The van der Waals surface area contributed by atoms with Crippen LogP contribution in [0.3, 0.4) is 0 Å². The minimum absolute atomic E-state index is 0.786. The summed E-state index contributed by atoms with van der Waals surface area (Å²) in [5, 5.41) is 3.09. The topological polar surface area (TPSA) is 15.0 Å². The maximum Gasteiger partial charge on any atom is 0.0287 e. The monoisotopic (exact) mass is 180 g/mol. The highest BCUT2D eigenvalue weighted by molar-refractivity contribution is 5.03. The summed E-state index contributed by atoms with van der Waals surface area (Å²) in [6.07, 6.45) is 9.31. The van der Waals surface area contributed by atoms with Gasteiger partial charge in [0.2, 0.25) is 0 Å². The van der Waals surface area contributed by atoms with Crippen LogP contribution in [-0.2, 0) is 0 Å². The molecule has 0 aromatic carbocycles. The van der Waals surface area contributed by atoms with Crippen molar-refractivity contribution in [3.05, 3.63) is 24.6 Å². The second kappa shape index (κ2) is 5.07. The number of likely N-dealkylation sites (N-methyl/N-ethyl adjacent to an activating group) is 1. The van der Waals surface area contributed by atoms with Crippen molar-refractivity contribution in [2.45, 2.75) is 39.3 Å². The molecule has 0 aromatic heterocycles. The standard InChI is InChI=1S/C11H20N2/c1-4-8-12-9-6-7-11-10(3)13(11)5-2/h4,6,8-12H,5,7H2,1-3H3/b8-4-,9-6+. The molecule has 1 heterocycles. The Morgan fingerprint density at radius 2 is 2.15 bits per heavy atom. The molecule has 1 aliphatic heterocycles. The molecule has 1 N–H and O–H groups in total. The van der Waals surface area contributed by atoms with E-state index in [1.165, 1.54) is 13.0 Å². The van der Waals surface area contributed by atoms with Gasteiger partial charge >= 0.3 is 0 Å². The van der Waals surface area contributed by atoms with Gasteiger partial charge in [-0.25, -0.2) is 0 Å². The molecule has 1 saturated heterocycles. The average molecular weight is 180 g/mol. The lowest BCUT2D eigenvalue weighted by atomic mass is 10.2. The zero-order valence-electron chi connectivity index (χ0n) is 8.83. The van der Waals surface area contributed by atoms with E-state index in [4.69, 9.17) is 0 Å². The van der Waals surface area contributed by atoms with Crippen molar-refractivity contribution in [2.24, 2.45) is 0 Å². The van der Waals surface area contributed by atoms with Gasteiger partial charge in [0.1, 0.15) is 0 Å². The predicted octanol–water partition coefficient (Wildman–Crippen LogP) is 2.11. The molecule has 74 valence electrons. The third-order valence-corrected chi connectivity index (χ3v) is 2.64. The van der Waals surface area contributed by atoms with Gasteiger partial charge in [-0.2, -0.15) is 0 Å². The van der Waals surface area contributed by atoms with E-state index in [0.29, 0.717) is 0 Å². The fraction of sp³-hybridized carbons (Fsp3) is 0.636. The first-order valence-corrected chi connectivity index (χ1v) is 5.09. The van der Waals surface area contributed by atoms with E-state index in [1.54, 1.807) is 0 Å². The summed E-state index contributed by atoms with van der Waals surface area (Å²) in [5.41, 5.74) is 0. The Labute approximate surface area is 81.3 Å². The Balaban J connectivity index is 2.10. The first-order chi connectivity index (χ1) is 6.31. The summed E-state index contributed by atoms with van der Waals surface area (Å²) in [4.78, 5) is 2.50. The molecule has 0 spiro atoms. The molecular formula is C11H20N2. The highest BCUT2D eigenvalue weighted by atomic mass is 15.3. The van der Waals surface area contributed by atoms with E-state index in [1.807, 2.05) is 25.4 Å². The number of nitrogens with zero attached hydrogens (tertiary/aromatic N) is 1. The molecule has 0 saturated carbocycles. The number of allylic oxidation sites excluding steroid dienone is 1. The third-order valence-electron chi connectivity index (χ3n) is 2.64. The fourth-order valence-corrected chi connectivity index (χ4v) is 1.76. The van der Waals surface area contributed by atoms with Gasteiger partial charge < -0.3 is 5.32 Å². The van der Waals surface area contributed by atoms with Crippen LogP contribution in [0.4, 0.5) is 0 Å². The van der Waals surface area contributed by atoms with Crippen LogP contribution in [-0.4, -0.2) is 23.5 Å². The first kappa shape index (κ1) is 10.3. The molecule has 1 rings (SSSR count). The van der Waals surface area contributed by atoms with Crippen molar-refractivity contribution >= 4 is 0 Å². The number of hydrogen-bond acceptors (Lipinski definition) is 2. The molecule has 3 atom stereocenters. The largest absolute Gasteiger partial charge is 0.368 e. The van der Waals surface area contributed by atoms with Crippen molar-refractivity contribution in [1.82, 2.24) is 10.2 Å². The second-order valence-corrected chi connectivity index (χ2v) is 3.44. The zero-order chi connectivity index (χ0) is 9.68. The van der Waals surface area contributed by atoms with Crippen LogP contribution in [0.25, 0.3) is 0 Å². The maximum atomic E-state index is 3.09. The first-order valence-electron chi connectivity index (χ1n) is 5.09. The van der Waals surface area contributed by atoms with E-state index in [9.17, 15) is 0 Å². The van der Waals surface area contributed by atoms with Crippen LogP contribution in [0.5, 0.6) is 0 Å². The number of rotatable bonds is 5. The molecule has 1 aliphatic rings. The third kappa shape index (κ3) is 2.88. The Hall–Kier alpha value is -0.760. The van der Waals surface area contributed by atoms with Gasteiger partial charge in [0.25, 0.3) is 0 Å². The molecule has 0 radical (unpaired) electrons. The number of nitrogens with one attached hydrogen (secondary N) is 1. The summed E-state index contributed by atoms with van der Waals surface area (Å²) in [6.45, 7) is 7.70. The van der Waals surface area contributed by atoms with Crippen LogP contribution in [0, 0.1) is 0 Å². The molecule has 0 aliphatic carbocycles. The lowest BCUT2D eigenvalue weighted by Crippen LogP contribution is -1.99. The van der Waals surface area contributed by atoms with Gasteiger partial charge in [0.15, 0.2) is 0 Å². The predicted molar refractivity (Wildman–Crippen MR) is 57.3 cm³/mol. The minimum Gasteiger partial charge on any atom is -0.368 e. The van der Waals surface area contributed by atoms with Crippen LogP contribution in [0.2, 0.25) is 0 Å². The van der Waals surface area contributed by atoms with Gasteiger partial charge in [-0.1, -0.05) is 19.1 Å². The van der Waals surface area contributed by atoms with Crippen molar-refractivity contribution in [3.63, 3.8) is 0 Å². The van der Waals surface area contributed by atoms with E-state index >= 15 is 0 Å². The fourth-order valence-electron chi connectivity index (χ4n) is 1.76. The summed E-state index contributed by atoms with van der Waals surface area (Å²) >= 11 is 0. The molecule has 0 bridgehead atoms. The van der Waals surface area contributed by atoms with Crippen LogP contribution in [0.1, 0.15) is 27.2 Å². The average Bonchev–Trinajstić information content (AvgIpc) is 2.76. The van der Waals surface area contributed by atoms with Gasteiger partial charge in [-0.15, -0.1) is 0 Å². The molecule has 0 aromatic rings. The van der Waals surface area contributed by atoms with E-state index in [0.717, 1.165) is 12.1 Å². The molecule has 13 heavy (non-hydrogen) atoms. The number of hydrogen-bond donors (Lipinski definition) is 1. The lowest BCUT2D eigenvalue weighted by molar-refractivity contribution is 0.512. The van der Waals surface area contributed by atoms with Crippen LogP contribution in [0.15, 0.2) is 24.6 Å². The molecule has 2 heteroatoms. The molecule has 3 unspecified atom stereocenters. The highest BCUT2D eigenvalue weighted by Gasteiger charge is 2.40. The van der Waals surface area contributed by atoms with E-state index in [-0.39, 0.29) is 0 Å². The molecule has 0 amide bonds. The SMILES string of the molecule is C/C=C\N/C=C/CC1C(C)N1CC. The van der Waals surface area contributed by atoms with Crippen molar-refractivity contribution in [2.75, 3.05) is 6.54 Å². The van der Waals surface area contributed by atoms with Crippen molar-refractivity contribution in [1.29, 1.82) is 0 Å². The summed E-state index contributed by atoms with van der Waals surface area (Å²) in [7, 11) is 0. The summed E-state index contributed by atoms with van der Waals surface area (Å²) in [6, 6.07) is 1.57. The molecule has 2 nitrogen and oxygen atoms in total. The Morgan fingerprint density at radius 3 is 2.69 bits per heavy atom. The van der Waals surface area contributed by atoms with Gasteiger partial charge in [-0.05, 0) is 39.2 Å².